The van der Waals surface area contributed by atoms with Crippen LogP contribution in [0.4, 0.5) is 13.2 Å². The molecule has 0 unspecified atom stereocenters. The Balaban J connectivity index is 3.37. The van der Waals surface area contributed by atoms with Gasteiger partial charge in [-0.05, 0) is 28.2 Å². The van der Waals surface area contributed by atoms with Crippen molar-refractivity contribution in [3.05, 3.63) is 34.9 Å². The van der Waals surface area contributed by atoms with Crippen LogP contribution in [0.15, 0.2) is 18.2 Å². The fraction of sp³-hybridized carbons (Fsp3) is 0.333. The molecular weight excluding hydrogens is 267 g/mol. The molecule has 0 heterocycles. The Hall–Kier alpha value is -0.380. The quantitative estimate of drug-likeness (QED) is 0.545. The minimum absolute atomic E-state index is 0.0341. The van der Waals surface area contributed by atoms with Crippen LogP contribution < -0.4 is 0 Å². The van der Waals surface area contributed by atoms with E-state index in [1.165, 1.54) is 19.1 Å². The van der Waals surface area contributed by atoms with Crippen LogP contribution in [0.25, 0.3) is 0 Å². The van der Waals surface area contributed by atoms with Crippen LogP contribution in [0.2, 0.25) is 0 Å². The molecule has 0 nitrogen and oxygen atoms in total. The van der Waals surface area contributed by atoms with Gasteiger partial charge >= 0.3 is 6.18 Å². The van der Waals surface area contributed by atoms with E-state index in [0.717, 1.165) is 6.07 Å². The van der Waals surface area contributed by atoms with Gasteiger partial charge in [-0.1, -0.05) is 12.1 Å². The Bertz CT molecular complexity index is 336. The first-order valence-corrected chi connectivity index (χ1v) is 4.87. The summed E-state index contributed by atoms with van der Waals surface area (Å²) < 4.78 is 36.1. The molecule has 0 fully saturated rings. The highest BCUT2D eigenvalue weighted by Gasteiger charge is 2.34. The molecule has 1 aromatic carbocycles. The lowest BCUT2D eigenvalue weighted by Gasteiger charge is -2.23. The van der Waals surface area contributed by atoms with Crippen LogP contribution in [0.3, 0.4) is 0 Å². The van der Waals surface area contributed by atoms with Crippen LogP contribution in [0.5, 0.6) is 0 Å². The minimum atomic E-state index is -4.39. The average molecular weight is 273 g/mol. The van der Waals surface area contributed by atoms with Gasteiger partial charge in [-0.15, -0.1) is 15.9 Å². The molecule has 0 saturated carbocycles. The summed E-state index contributed by atoms with van der Waals surface area (Å²) >= 11 is 2.93. The van der Waals surface area contributed by atoms with Crippen molar-refractivity contribution in [2.45, 2.75) is 17.2 Å². The van der Waals surface area contributed by atoms with Gasteiger partial charge in [-0.2, -0.15) is 13.2 Å². The van der Waals surface area contributed by atoms with Crippen molar-refractivity contribution in [2.75, 3.05) is 0 Å². The Kier molecular flexibility index (Phi) is 3.29. The van der Waals surface area contributed by atoms with E-state index in [0.29, 0.717) is 0 Å². The zero-order valence-corrected chi connectivity index (χ0v) is 9.48. The largest absolute Gasteiger partial charge is 0.416 e. The van der Waals surface area contributed by atoms with E-state index < -0.39 is 15.9 Å². The van der Waals surface area contributed by atoms with Gasteiger partial charge in [0.05, 0.1) is 21.3 Å². The number of hydrogen-bond acceptors (Lipinski definition) is 0. The second-order valence-corrected chi connectivity index (χ2v) is 4.56. The molecule has 1 rings (SSSR count). The summed E-state index contributed by atoms with van der Waals surface area (Å²) in [6.07, 6.45) is -4.39. The molecule has 0 aliphatic heterocycles. The fourth-order valence-electron chi connectivity index (χ4n) is 1.36. The first-order chi connectivity index (χ1) is 6.64. The monoisotopic (exact) mass is 272 g/mol. The summed E-state index contributed by atoms with van der Waals surface area (Å²) in [7, 11) is 11.0. The third-order valence-corrected chi connectivity index (χ3v) is 2.48. The molecule has 0 N–H and O–H groups in total. The number of halogens is 4. The van der Waals surface area contributed by atoms with E-state index in [9.17, 15) is 13.2 Å². The summed E-state index contributed by atoms with van der Waals surface area (Å²) in [5, 5.41) is 0. The fourth-order valence-corrected chi connectivity index (χ4v) is 1.79. The van der Waals surface area contributed by atoms with E-state index in [1.807, 2.05) is 0 Å². The Labute approximate surface area is 97.2 Å². The first kappa shape index (κ1) is 12.7. The van der Waals surface area contributed by atoms with Gasteiger partial charge in [0.15, 0.2) is 0 Å². The molecule has 15 heavy (non-hydrogen) atoms. The highest BCUT2D eigenvalue weighted by Crippen LogP contribution is 2.36. The van der Waals surface area contributed by atoms with E-state index in [1.54, 1.807) is 0 Å². The first-order valence-electron chi connectivity index (χ1n) is 4.08. The number of hydrogen-bond donors (Lipinski definition) is 0. The molecule has 0 amide bonds. The standard InChI is InChI=1S/C9H6B2BrF3/c1-5-6(8(10,11)12)3-2-4-7(5)9(13,14)15/h2-4H,1H3. The lowest BCUT2D eigenvalue weighted by atomic mass is 9.65. The van der Waals surface area contributed by atoms with Gasteiger partial charge in [0.2, 0.25) is 0 Å². The van der Waals surface area contributed by atoms with Crippen molar-refractivity contribution in [3.63, 3.8) is 0 Å². The molecule has 0 atom stereocenters. The maximum absolute atomic E-state index is 12.5. The van der Waals surface area contributed by atoms with Crippen LogP contribution in [0, 0.1) is 6.92 Å². The van der Waals surface area contributed by atoms with Gasteiger partial charge in [-0.25, -0.2) is 0 Å². The summed E-state index contributed by atoms with van der Waals surface area (Å²) in [4.78, 5) is 0. The summed E-state index contributed by atoms with van der Waals surface area (Å²) in [6, 6.07) is 3.73. The van der Waals surface area contributed by atoms with Gasteiger partial charge in [0.1, 0.15) is 0 Å². The molecule has 0 aromatic heterocycles. The molecular formula is C9H6B2BrF3. The van der Waals surface area contributed by atoms with Crippen LogP contribution in [-0.4, -0.2) is 15.7 Å². The smallest absolute Gasteiger partial charge is 0.166 e. The van der Waals surface area contributed by atoms with Crippen molar-refractivity contribution in [2.24, 2.45) is 0 Å². The Morgan fingerprint density at radius 1 is 1.13 bits per heavy atom. The molecule has 76 valence electrons. The molecule has 6 heteroatoms. The van der Waals surface area contributed by atoms with Gasteiger partial charge < -0.3 is 0 Å². The second kappa shape index (κ2) is 3.89. The highest BCUT2D eigenvalue weighted by atomic mass is 79.9. The van der Waals surface area contributed by atoms with Crippen molar-refractivity contribution < 1.29 is 13.2 Å². The molecule has 4 radical (unpaired) electrons. The lowest BCUT2D eigenvalue weighted by Crippen LogP contribution is -2.21. The normalized spacial score (nSPS) is 12.9. The summed E-state index contributed by atoms with van der Waals surface area (Å²) in [6.45, 7) is 1.34. The molecule has 0 saturated heterocycles. The van der Waals surface area contributed by atoms with Gasteiger partial charge in [0, 0.05) is 0 Å². The van der Waals surface area contributed by atoms with E-state index in [-0.39, 0.29) is 11.1 Å². The minimum Gasteiger partial charge on any atom is -0.166 e. The predicted octanol–water partition coefficient (Wildman–Crippen LogP) is 2.86. The molecule has 0 aliphatic carbocycles. The van der Waals surface area contributed by atoms with Crippen molar-refractivity contribution >= 4 is 31.6 Å². The second-order valence-electron chi connectivity index (χ2n) is 3.24. The molecule has 0 spiro atoms. The average Bonchev–Trinajstić information content (AvgIpc) is 1.99. The number of alkyl halides is 4. The van der Waals surface area contributed by atoms with E-state index >= 15 is 0 Å². The highest BCUT2D eigenvalue weighted by molar-refractivity contribution is 9.10. The van der Waals surface area contributed by atoms with E-state index in [2.05, 4.69) is 15.9 Å². The Morgan fingerprint density at radius 2 is 1.60 bits per heavy atom. The van der Waals surface area contributed by atoms with E-state index in [4.69, 9.17) is 15.7 Å². The van der Waals surface area contributed by atoms with Crippen LogP contribution in [-0.2, 0) is 10.3 Å². The van der Waals surface area contributed by atoms with Crippen LogP contribution in [0.1, 0.15) is 16.7 Å². The van der Waals surface area contributed by atoms with Crippen molar-refractivity contribution in [3.8, 4) is 0 Å². The SMILES string of the molecule is [B]C([B])(Br)c1cccc(C(F)(F)F)c1C. The third-order valence-electron chi connectivity index (χ3n) is 2.05. The van der Waals surface area contributed by atoms with Gasteiger partial charge in [-0.3, -0.25) is 0 Å². The van der Waals surface area contributed by atoms with Crippen molar-refractivity contribution in [1.29, 1.82) is 0 Å². The maximum Gasteiger partial charge on any atom is 0.416 e. The predicted molar refractivity (Wildman–Crippen MR) is 58.3 cm³/mol. The number of rotatable bonds is 1. The molecule has 1 aromatic rings. The molecule has 0 aliphatic rings. The van der Waals surface area contributed by atoms with Crippen molar-refractivity contribution in [1.82, 2.24) is 0 Å². The number of benzene rings is 1. The maximum atomic E-state index is 12.5. The third kappa shape index (κ3) is 2.80. The zero-order valence-electron chi connectivity index (χ0n) is 7.90. The summed E-state index contributed by atoms with van der Waals surface area (Å²) in [5.74, 6) is 0. The topological polar surface area (TPSA) is 0 Å². The summed E-state index contributed by atoms with van der Waals surface area (Å²) in [5.41, 5.74) is -0.469. The zero-order chi connectivity index (χ0) is 11.9. The Morgan fingerprint density at radius 3 is 2.00 bits per heavy atom. The molecule has 0 bridgehead atoms. The lowest BCUT2D eigenvalue weighted by molar-refractivity contribution is -0.138. The van der Waals surface area contributed by atoms with Crippen LogP contribution >= 0.6 is 15.9 Å². The van der Waals surface area contributed by atoms with Gasteiger partial charge in [0.25, 0.3) is 0 Å².